The molecule has 19 heteroatoms. The molecule has 4 saturated heterocycles. The highest BCUT2D eigenvalue weighted by molar-refractivity contribution is 5.91. The number of halogens is 4. The molecule has 4 aliphatic rings. The second kappa shape index (κ2) is 19.4. The molecule has 0 radical (unpaired) electrons. The molecule has 4 aliphatic heterocycles. The number of imidazole rings is 1. The summed E-state index contributed by atoms with van der Waals surface area (Å²) in [6.45, 7) is 12.8. The van der Waals surface area contributed by atoms with Crippen LogP contribution < -0.4 is 15.4 Å². The summed E-state index contributed by atoms with van der Waals surface area (Å²) in [5.41, 5.74) is 0.405. The van der Waals surface area contributed by atoms with Gasteiger partial charge in [-0.05, 0) is 61.6 Å². The van der Waals surface area contributed by atoms with Gasteiger partial charge in [-0.25, -0.2) is 14.6 Å². The molecule has 64 heavy (non-hydrogen) atoms. The molecule has 5 heterocycles. The van der Waals surface area contributed by atoms with Gasteiger partial charge in [0.2, 0.25) is 17.8 Å². The van der Waals surface area contributed by atoms with E-state index in [1.165, 1.54) is 43.5 Å². The Balaban J connectivity index is 1.01. The maximum Gasteiger partial charge on any atom is 0.573 e. The van der Waals surface area contributed by atoms with Gasteiger partial charge in [0.15, 0.2) is 0 Å². The predicted octanol–water partition coefficient (Wildman–Crippen LogP) is 7.03. The van der Waals surface area contributed by atoms with Crippen LogP contribution in [0.3, 0.4) is 0 Å². The van der Waals surface area contributed by atoms with Gasteiger partial charge >= 0.3 is 18.5 Å². The van der Waals surface area contributed by atoms with Gasteiger partial charge in [0.25, 0.3) is 0 Å². The number of ether oxygens (including phenoxy) is 3. The zero-order chi connectivity index (χ0) is 45.9. The van der Waals surface area contributed by atoms with Crippen LogP contribution in [-0.2, 0) is 19.1 Å². The summed E-state index contributed by atoms with van der Waals surface area (Å²) in [7, 11) is 1.23. The molecule has 0 saturated carbocycles. The van der Waals surface area contributed by atoms with Gasteiger partial charge in [0.05, 0.1) is 13.2 Å². The SMILES string of the molecule is COC(=O)NC(C(=O)N1CC(C)CC1c1nc(-c2ccc(-c3ccc(NC(=O)N4CCC(N5CCN(C(=O)C(C)(C)C)CC5)CC4)cc3OC(F)(F)F)cc2)c(F)[nH]1)C1CCOCC1. The van der Waals surface area contributed by atoms with Crippen LogP contribution in [0.25, 0.3) is 22.4 Å². The molecule has 1 aromatic heterocycles. The molecule has 4 fully saturated rings. The molecular weight excluding hydrogens is 841 g/mol. The lowest BCUT2D eigenvalue weighted by Crippen LogP contribution is -2.56. The molecule has 3 atom stereocenters. The summed E-state index contributed by atoms with van der Waals surface area (Å²) in [6, 6.07) is 8.49. The first-order chi connectivity index (χ1) is 30.4. The Bertz CT molecular complexity index is 2140. The van der Waals surface area contributed by atoms with Crippen molar-refractivity contribution < 1.29 is 51.0 Å². The summed E-state index contributed by atoms with van der Waals surface area (Å²) in [5, 5.41) is 5.43. The molecule has 3 N–H and O–H groups in total. The van der Waals surface area contributed by atoms with Crippen LogP contribution in [0, 0.1) is 23.2 Å². The van der Waals surface area contributed by atoms with Crippen molar-refractivity contribution in [3.63, 3.8) is 0 Å². The number of carbonyl (C=O) groups excluding carboxylic acids is 4. The van der Waals surface area contributed by atoms with E-state index >= 15 is 4.39 Å². The highest BCUT2D eigenvalue weighted by Crippen LogP contribution is 2.40. The lowest BCUT2D eigenvalue weighted by molar-refractivity contribution is -0.274. The van der Waals surface area contributed by atoms with Gasteiger partial charge < -0.3 is 44.5 Å². The maximum absolute atomic E-state index is 15.7. The van der Waals surface area contributed by atoms with Crippen LogP contribution >= 0.6 is 0 Å². The number of urea groups is 1. The van der Waals surface area contributed by atoms with Gasteiger partial charge in [0, 0.05) is 93.4 Å². The molecule has 0 aliphatic carbocycles. The zero-order valence-corrected chi connectivity index (χ0v) is 36.9. The van der Waals surface area contributed by atoms with Gasteiger partial charge in [-0.3, -0.25) is 14.5 Å². The smallest absolute Gasteiger partial charge is 0.453 e. The average Bonchev–Trinajstić information content (AvgIpc) is 3.86. The van der Waals surface area contributed by atoms with Crippen molar-refractivity contribution in [2.45, 2.75) is 84.3 Å². The second-order valence-electron chi connectivity index (χ2n) is 18.3. The van der Waals surface area contributed by atoms with Crippen LogP contribution in [0.1, 0.15) is 71.7 Å². The van der Waals surface area contributed by atoms with E-state index in [9.17, 15) is 32.3 Å². The topological polar surface area (TPSA) is 162 Å². The highest BCUT2D eigenvalue weighted by Gasteiger charge is 2.43. The summed E-state index contributed by atoms with van der Waals surface area (Å²) in [6.07, 6.45) is -2.68. The number of nitrogens with one attached hydrogen (secondary N) is 3. The molecule has 5 amide bonds. The monoisotopic (exact) mass is 898 g/mol. The molecule has 0 bridgehead atoms. The number of alkyl carbamates (subject to hydrolysis) is 1. The first-order valence-electron chi connectivity index (χ1n) is 22.0. The minimum absolute atomic E-state index is 0.0359. The van der Waals surface area contributed by atoms with E-state index in [1.54, 1.807) is 9.80 Å². The average molecular weight is 899 g/mol. The first-order valence-corrected chi connectivity index (χ1v) is 22.0. The quantitative estimate of drug-likeness (QED) is 0.192. The summed E-state index contributed by atoms with van der Waals surface area (Å²) >= 11 is 0. The Labute approximate surface area is 370 Å². The predicted molar refractivity (Wildman–Crippen MR) is 228 cm³/mol. The van der Waals surface area contributed by atoms with E-state index in [2.05, 4.69) is 30.2 Å². The highest BCUT2D eigenvalue weighted by atomic mass is 19.4. The number of piperidine rings is 1. The van der Waals surface area contributed by atoms with Crippen LogP contribution in [-0.4, -0.2) is 138 Å². The van der Waals surface area contributed by atoms with E-state index in [1.807, 2.05) is 32.6 Å². The van der Waals surface area contributed by atoms with Crippen LogP contribution in [0.2, 0.25) is 0 Å². The number of anilines is 1. The molecule has 15 nitrogen and oxygen atoms in total. The summed E-state index contributed by atoms with van der Waals surface area (Å²) < 4.78 is 71.7. The Morgan fingerprint density at radius 3 is 2.17 bits per heavy atom. The zero-order valence-electron chi connectivity index (χ0n) is 36.9. The number of benzene rings is 2. The van der Waals surface area contributed by atoms with Gasteiger partial charge in [-0.1, -0.05) is 52.0 Å². The maximum atomic E-state index is 15.7. The number of hydrogen-bond acceptors (Lipinski definition) is 9. The number of piperazine rings is 1. The van der Waals surface area contributed by atoms with Crippen LogP contribution in [0.4, 0.5) is 32.8 Å². The van der Waals surface area contributed by atoms with Crippen molar-refractivity contribution in [3.8, 4) is 28.1 Å². The lowest BCUT2D eigenvalue weighted by atomic mass is 9.90. The molecule has 3 unspecified atom stereocenters. The fourth-order valence-electron chi connectivity index (χ4n) is 9.32. The third-order valence-electron chi connectivity index (χ3n) is 12.7. The Kier molecular flexibility index (Phi) is 14.1. The number of rotatable bonds is 9. The molecule has 7 rings (SSSR count). The number of aromatic amines is 1. The number of methoxy groups -OCH3 is 1. The normalized spacial score (nSPS) is 21.1. The van der Waals surface area contributed by atoms with Gasteiger partial charge in [-0.2, -0.15) is 4.39 Å². The van der Waals surface area contributed by atoms with Crippen molar-refractivity contribution in [2.75, 3.05) is 71.5 Å². The Morgan fingerprint density at radius 2 is 1.55 bits per heavy atom. The molecule has 348 valence electrons. The number of alkyl halides is 3. The lowest BCUT2D eigenvalue weighted by Gasteiger charge is -2.43. The summed E-state index contributed by atoms with van der Waals surface area (Å²) in [4.78, 5) is 67.3. The molecule has 2 aromatic carbocycles. The third-order valence-corrected chi connectivity index (χ3v) is 12.7. The van der Waals surface area contributed by atoms with Crippen molar-refractivity contribution in [3.05, 3.63) is 54.2 Å². The number of likely N-dealkylation sites (tertiary alicyclic amines) is 2. The fourth-order valence-corrected chi connectivity index (χ4v) is 9.32. The van der Waals surface area contributed by atoms with Crippen molar-refractivity contribution in [2.24, 2.45) is 17.3 Å². The molecular formula is C45H58F4N8O7. The van der Waals surface area contributed by atoms with Crippen molar-refractivity contribution in [1.29, 1.82) is 0 Å². The number of H-pyrrole nitrogens is 1. The number of hydrogen-bond donors (Lipinski definition) is 3. The Hall–Kier alpha value is -5.43. The number of aromatic nitrogens is 2. The van der Waals surface area contributed by atoms with E-state index < -0.39 is 47.7 Å². The second-order valence-corrected chi connectivity index (χ2v) is 18.3. The van der Waals surface area contributed by atoms with Crippen LogP contribution in [0.15, 0.2) is 42.5 Å². The Morgan fingerprint density at radius 1 is 0.891 bits per heavy atom. The van der Waals surface area contributed by atoms with E-state index in [0.29, 0.717) is 76.3 Å². The fraction of sp³-hybridized carbons (Fsp3) is 0.578. The minimum Gasteiger partial charge on any atom is -0.453 e. The number of nitrogens with zero attached hydrogens (tertiary/aromatic N) is 5. The third kappa shape index (κ3) is 10.9. The van der Waals surface area contributed by atoms with Gasteiger partial charge in [-0.15, -0.1) is 13.2 Å². The molecule has 3 aromatic rings. The number of amides is 5. The van der Waals surface area contributed by atoms with Gasteiger partial charge in [0.1, 0.15) is 23.3 Å². The van der Waals surface area contributed by atoms with Crippen LogP contribution in [0.5, 0.6) is 5.75 Å². The molecule has 0 spiro atoms. The largest absolute Gasteiger partial charge is 0.573 e. The number of carbonyl (C=O) groups is 4. The summed E-state index contributed by atoms with van der Waals surface area (Å²) in [5.74, 6) is -1.38. The van der Waals surface area contributed by atoms with Crippen molar-refractivity contribution >= 4 is 29.6 Å². The minimum atomic E-state index is -5.04. The van der Waals surface area contributed by atoms with E-state index in [-0.39, 0.29) is 52.5 Å². The van der Waals surface area contributed by atoms with E-state index in [0.717, 1.165) is 32.0 Å². The van der Waals surface area contributed by atoms with E-state index in [4.69, 9.17) is 9.47 Å². The van der Waals surface area contributed by atoms with Crippen molar-refractivity contribution in [1.82, 2.24) is 34.9 Å². The first kappa shape index (κ1) is 46.6. The standard InChI is InChI=1S/C45H58F4N8O7/c1-27-24-34(57(26-27)40(58)37(52-43(61)62-5)30-14-22-63-23-15-30)39-51-36(38(46)53-39)29-8-6-28(7-9-29)33-11-10-31(25-35(33)64-45(47,48)49)50-42(60)56-16-12-32(13-17-56)54-18-20-55(21-19-54)41(59)44(2,3)4/h6-11,25,27,30,32,34,37H,12-24,26H2,1-5H3,(H,50,60)(H,51,53)(H,52,61).